The van der Waals surface area contributed by atoms with Crippen LogP contribution in [0.3, 0.4) is 0 Å². The Labute approximate surface area is 137 Å². The molecule has 0 spiro atoms. The van der Waals surface area contributed by atoms with Crippen LogP contribution in [-0.2, 0) is 24.8 Å². The topological polar surface area (TPSA) is 92.8 Å². The number of ether oxygens (including phenoxy) is 1. The van der Waals surface area contributed by atoms with E-state index in [1.807, 2.05) is 0 Å². The van der Waals surface area contributed by atoms with E-state index in [1.54, 1.807) is 6.92 Å². The van der Waals surface area contributed by atoms with Gasteiger partial charge in [0.15, 0.2) is 0 Å². The molecule has 0 aromatic heterocycles. The molecule has 1 aromatic rings. The zero-order valence-corrected chi connectivity index (χ0v) is 14.9. The van der Waals surface area contributed by atoms with Crippen LogP contribution < -0.4 is 9.03 Å². The van der Waals surface area contributed by atoms with Gasteiger partial charge in [-0.15, -0.1) is 0 Å². The molecule has 1 aliphatic rings. The fraction of sp³-hybridized carbons (Fsp3) is 0.571. The van der Waals surface area contributed by atoms with Gasteiger partial charge in [-0.25, -0.2) is 21.6 Å². The average molecular weight is 362 g/mol. The van der Waals surface area contributed by atoms with Gasteiger partial charge in [0.25, 0.3) is 0 Å². The van der Waals surface area contributed by atoms with Crippen molar-refractivity contribution in [1.82, 2.24) is 4.72 Å². The van der Waals surface area contributed by atoms with Crippen LogP contribution in [0.4, 0.5) is 5.69 Å². The van der Waals surface area contributed by atoms with Crippen molar-refractivity contribution in [1.29, 1.82) is 0 Å². The van der Waals surface area contributed by atoms with Crippen LogP contribution in [0.1, 0.15) is 19.8 Å². The molecular formula is C14H22N2O5S2. The van der Waals surface area contributed by atoms with Gasteiger partial charge < -0.3 is 4.74 Å². The van der Waals surface area contributed by atoms with Crippen LogP contribution in [-0.4, -0.2) is 48.9 Å². The van der Waals surface area contributed by atoms with E-state index in [4.69, 9.17) is 4.74 Å². The fourth-order valence-electron chi connectivity index (χ4n) is 2.49. The second-order valence-electron chi connectivity index (χ2n) is 5.57. The summed E-state index contributed by atoms with van der Waals surface area (Å²) >= 11 is 0. The summed E-state index contributed by atoms with van der Waals surface area (Å²) in [6.45, 7) is 2.40. The Bertz CT molecular complexity index is 729. The minimum absolute atomic E-state index is 0.0959. The summed E-state index contributed by atoms with van der Waals surface area (Å²) in [5.74, 6) is 0.128. The molecule has 1 fully saturated rings. The maximum Gasteiger partial charge on any atom is 0.240 e. The second kappa shape index (κ2) is 7.16. The number of nitrogens with zero attached hydrogens (tertiary/aromatic N) is 1. The number of hydrogen-bond acceptors (Lipinski definition) is 5. The number of sulfonamides is 2. The van der Waals surface area contributed by atoms with Gasteiger partial charge in [0.2, 0.25) is 20.0 Å². The number of anilines is 1. The molecular weight excluding hydrogens is 340 g/mol. The standard InChI is InChI=1S/C14H22N2O5S2/c1-12(11-21-2)15-23(19,20)14-7-5-13(6-8-14)16-9-3-4-10-22(16,17)18/h5-8,12,15H,3-4,9-11H2,1-2H3/t12-/m1/s1. The van der Waals surface area contributed by atoms with Crippen molar-refractivity contribution >= 4 is 25.7 Å². The molecule has 2 rings (SSSR count). The highest BCUT2D eigenvalue weighted by Crippen LogP contribution is 2.24. The summed E-state index contributed by atoms with van der Waals surface area (Å²) < 4.78 is 57.3. The van der Waals surface area contributed by atoms with Crippen LogP contribution in [0.25, 0.3) is 0 Å². The first kappa shape index (κ1) is 18.2. The van der Waals surface area contributed by atoms with Crippen molar-refractivity contribution in [2.45, 2.75) is 30.7 Å². The lowest BCUT2D eigenvalue weighted by atomic mass is 10.3. The Morgan fingerprint density at radius 3 is 2.48 bits per heavy atom. The van der Waals surface area contributed by atoms with Crippen molar-refractivity contribution in [3.05, 3.63) is 24.3 Å². The largest absolute Gasteiger partial charge is 0.383 e. The van der Waals surface area contributed by atoms with Crippen LogP contribution in [0.15, 0.2) is 29.2 Å². The molecule has 23 heavy (non-hydrogen) atoms. The molecule has 0 aliphatic carbocycles. The summed E-state index contributed by atoms with van der Waals surface area (Å²) in [6.07, 6.45) is 1.46. The zero-order chi connectivity index (χ0) is 17.1. The summed E-state index contributed by atoms with van der Waals surface area (Å²) in [5, 5.41) is 0. The maximum absolute atomic E-state index is 12.2. The highest BCUT2D eigenvalue weighted by atomic mass is 32.2. The Morgan fingerprint density at radius 2 is 1.91 bits per heavy atom. The van der Waals surface area contributed by atoms with Gasteiger partial charge in [-0.1, -0.05) is 0 Å². The molecule has 1 heterocycles. The van der Waals surface area contributed by atoms with E-state index in [9.17, 15) is 16.8 Å². The first-order chi connectivity index (χ1) is 10.8. The maximum atomic E-state index is 12.2. The van der Waals surface area contributed by atoms with E-state index in [-0.39, 0.29) is 23.3 Å². The summed E-state index contributed by atoms with van der Waals surface area (Å²) in [7, 11) is -5.46. The third kappa shape index (κ3) is 4.43. The first-order valence-corrected chi connectivity index (χ1v) is 10.5. The van der Waals surface area contributed by atoms with Gasteiger partial charge in [-0.05, 0) is 44.0 Å². The molecule has 0 radical (unpaired) electrons. The van der Waals surface area contributed by atoms with Gasteiger partial charge in [-0.3, -0.25) is 4.31 Å². The minimum Gasteiger partial charge on any atom is -0.383 e. The molecule has 1 aromatic carbocycles. The lowest BCUT2D eigenvalue weighted by Crippen LogP contribution is -2.38. The van der Waals surface area contributed by atoms with E-state index in [1.165, 1.54) is 35.7 Å². The third-order valence-corrected chi connectivity index (χ3v) is 7.03. The number of hydrogen-bond donors (Lipinski definition) is 1. The van der Waals surface area contributed by atoms with Crippen LogP contribution in [0.2, 0.25) is 0 Å². The summed E-state index contributed by atoms with van der Waals surface area (Å²) in [6, 6.07) is 5.53. The smallest absolute Gasteiger partial charge is 0.240 e. The monoisotopic (exact) mass is 362 g/mol. The van der Waals surface area contributed by atoms with Gasteiger partial charge in [0, 0.05) is 19.7 Å². The first-order valence-electron chi connectivity index (χ1n) is 7.38. The molecule has 7 nitrogen and oxygen atoms in total. The Balaban J connectivity index is 2.19. The van der Waals surface area contributed by atoms with Gasteiger partial charge in [0.1, 0.15) is 0 Å². The van der Waals surface area contributed by atoms with E-state index >= 15 is 0 Å². The third-order valence-electron chi connectivity index (χ3n) is 3.56. The summed E-state index contributed by atoms with van der Waals surface area (Å²) in [5.41, 5.74) is 0.494. The molecule has 9 heteroatoms. The second-order valence-corrected chi connectivity index (χ2v) is 9.29. The molecule has 0 bridgehead atoms. The SMILES string of the molecule is COC[C@@H](C)NS(=O)(=O)c1ccc(N2CCCCS2(=O)=O)cc1. The number of benzene rings is 1. The number of methoxy groups -OCH3 is 1. The molecule has 1 saturated heterocycles. The quantitative estimate of drug-likeness (QED) is 0.813. The number of nitrogens with one attached hydrogen (secondary N) is 1. The number of rotatable bonds is 6. The lowest BCUT2D eigenvalue weighted by Gasteiger charge is -2.28. The minimum atomic E-state index is -3.66. The molecule has 0 saturated carbocycles. The van der Waals surface area contributed by atoms with Crippen molar-refractivity contribution in [2.75, 3.05) is 30.3 Å². The molecule has 0 amide bonds. The molecule has 0 unspecified atom stereocenters. The van der Waals surface area contributed by atoms with Crippen LogP contribution in [0.5, 0.6) is 0 Å². The summed E-state index contributed by atoms with van der Waals surface area (Å²) in [4.78, 5) is 0.0959. The van der Waals surface area contributed by atoms with Crippen molar-refractivity contribution < 1.29 is 21.6 Å². The van der Waals surface area contributed by atoms with Crippen LogP contribution in [0, 0.1) is 0 Å². The Morgan fingerprint density at radius 1 is 1.26 bits per heavy atom. The molecule has 130 valence electrons. The van der Waals surface area contributed by atoms with Crippen molar-refractivity contribution in [3.63, 3.8) is 0 Å². The van der Waals surface area contributed by atoms with E-state index in [0.29, 0.717) is 18.7 Å². The highest BCUT2D eigenvalue weighted by molar-refractivity contribution is 7.92. The molecule has 1 atom stereocenters. The Hall–Kier alpha value is -1.16. The van der Waals surface area contributed by atoms with Crippen molar-refractivity contribution in [3.8, 4) is 0 Å². The van der Waals surface area contributed by atoms with Gasteiger partial charge in [-0.2, -0.15) is 0 Å². The van der Waals surface area contributed by atoms with E-state index in [0.717, 1.165) is 6.42 Å². The average Bonchev–Trinajstić information content (AvgIpc) is 2.46. The highest BCUT2D eigenvalue weighted by Gasteiger charge is 2.26. The van der Waals surface area contributed by atoms with Gasteiger partial charge >= 0.3 is 0 Å². The lowest BCUT2D eigenvalue weighted by molar-refractivity contribution is 0.180. The Kier molecular flexibility index (Phi) is 5.66. The predicted octanol–water partition coefficient (Wildman–Crippen LogP) is 0.930. The molecule has 1 aliphatic heterocycles. The van der Waals surface area contributed by atoms with Gasteiger partial charge in [0.05, 0.1) is 22.9 Å². The van der Waals surface area contributed by atoms with Crippen molar-refractivity contribution in [2.24, 2.45) is 0 Å². The van der Waals surface area contributed by atoms with E-state index in [2.05, 4.69) is 4.72 Å². The van der Waals surface area contributed by atoms with Crippen LogP contribution >= 0.6 is 0 Å². The van der Waals surface area contributed by atoms with E-state index < -0.39 is 20.0 Å². The normalized spacial score (nSPS) is 19.5. The predicted molar refractivity (Wildman–Crippen MR) is 88.5 cm³/mol. The fourth-order valence-corrected chi connectivity index (χ4v) is 5.36. The zero-order valence-electron chi connectivity index (χ0n) is 13.2. The molecule has 1 N–H and O–H groups in total.